The average molecular weight is 519 g/mol. The van der Waals surface area contributed by atoms with Crippen LogP contribution in [0.25, 0.3) is 6.08 Å². The SMILES string of the molecule is CS(=O)(=O)Nc1ccc(CNC(=O)/C=C\c2ccc(C(F)(F)F)nc2N2CCOCC2)cc1Cl. The predicted octanol–water partition coefficient (Wildman–Crippen LogP) is 3.29. The summed E-state index contributed by atoms with van der Waals surface area (Å²) in [5, 5.41) is 2.81. The minimum absolute atomic E-state index is 0.101. The number of nitrogens with one attached hydrogen (secondary N) is 2. The van der Waals surface area contributed by atoms with Gasteiger partial charge in [-0.2, -0.15) is 13.2 Å². The Labute approximate surface area is 199 Å². The number of morpholine rings is 1. The zero-order valence-corrected chi connectivity index (χ0v) is 19.6. The van der Waals surface area contributed by atoms with E-state index in [-0.39, 0.29) is 23.1 Å². The molecule has 1 aliphatic heterocycles. The summed E-state index contributed by atoms with van der Waals surface area (Å²) in [6.45, 7) is 1.59. The Bertz CT molecular complexity index is 1180. The molecule has 1 saturated heterocycles. The highest BCUT2D eigenvalue weighted by Crippen LogP contribution is 2.31. The average Bonchev–Trinajstić information content (AvgIpc) is 2.77. The molecule has 184 valence electrons. The first-order chi connectivity index (χ1) is 15.9. The fourth-order valence-electron chi connectivity index (χ4n) is 3.14. The van der Waals surface area contributed by atoms with E-state index in [4.69, 9.17) is 16.3 Å². The topological polar surface area (TPSA) is 101 Å². The normalized spacial score (nSPS) is 14.9. The zero-order valence-electron chi connectivity index (χ0n) is 18.0. The molecule has 1 fully saturated rings. The molecular formula is C21H22ClF3N4O4S. The van der Waals surface area contributed by atoms with Crippen molar-refractivity contribution in [3.63, 3.8) is 0 Å². The summed E-state index contributed by atoms with van der Waals surface area (Å²) in [7, 11) is -3.49. The third kappa shape index (κ3) is 7.34. The number of pyridine rings is 1. The van der Waals surface area contributed by atoms with Crippen LogP contribution in [0.4, 0.5) is 24.7 Å². The molecular weight excluding hydrogens is 497 g/mol. The van der Waals surface area contributed by atoms with Crippen molar-refractivity contribution in [3.05, 3.63) is 58.3 Å². The van der Waals surface area contributed by atoms with Crippen LogP contribution < -0.4 is 14.9 Å². The monoisotopic (exact) mass is 518 g/mol. The number of nitrogens with zero attached hydrogens (tertiary/aromatic N) is 2. The minimum Gasteiger partial charge on any atom is -0.378 e. The minimum atomic E-state index is -4.59. The summed E-state index contributed by atoms with van der Waals surface area (Å²) in [4.78, 5) is 17.8. The van der Waals surface area contributed by atoms with Crippen LogP contribution in [0.15, 0.2) is 36.4 Å². The molecule has 13 heteroatoms. The molecule has 0 atom stereocenters. The van der Waals surface area contributed by atoms with Gasteiger partial charge in [0.2, 0.25) is 15.9 Å². The molecule has 0 bridgehead atoms. The molecule has 2 aromatic rings. The Morgan fingerprint density at radius 2 is 1.94 bits per heavy atom. The van der Waals surface area contributed by atoms with Crippen LogP contribution in [0.3, 0.4) is 0 Å². The van der Waals surface area contributed by atoms with Gasteiger partial charge in [0.15, 0.2) is 0 Å². The number of sulfonamides is 1. The van der Waals surface area contributed by atoms with Crippen molar-refractivity contribution < 1.29 is 31.1 Å². The number of anilines is 2. The second-order valence-electron chi connectivity index (χ2n) is 7.45. The number of amides is 1. The first-order valence-electron chi connectivity index (χ1n) is 10.1. The van der Waals surface area contributed by atoms with Gasteiger partial charge in [-0.1, -0.05) is 17.7 Å². The third-order valence-corrected chi connectivity index (χ3v) is 5.62. The van der Waals surface area contributed by atoms with Gasteiger partial charge in [0, 0.05) is 31.3 Å². The molecule has 1 amide bonds. The van der Waals surface area contributed by atoms with Crippen molar-refractivity contribution in [2.75, 3.05) is 42.2 Å². The fourth-order valence-corrected chi connectivity index (χ4v) is 4.02. The Morgan fingerprint density at radius 3 is 2.56 bits per heavy atom. The van der Waals surface area contributed by atoms with Crippen LogP contribution in [-0.2, 0) is 32.3 Å². The number of carbonyl (C=O) groups excluding carboxylic acids is 1. The van der Waals surface area contributed by atoms with Gasteiger partial charge in [0.05, 0.1) is 30.2 Å². The first-order valence-corrected chi connectivity index (χ1v) is 12.3. The second-order valence-corrected chi connectivity index (χ2v) is 9.60. The van der Waals surface area contributed by atoms with Gasteiger partial charge in [-0.15, -0.1) is 0 Å². The smallest absolute Gasteiger partial charge is 0.378 e. The van der Waals surface area contributed by atoms with Crippen LogP contribution in [0.1, 0.15) is 16.8 Å². The van der Waals surface area contributed by atoms with E-state index in [1.165, 1.54) is 30.4 Å². The van der Waals surface area contributed by atoms with E-state index in [2.05, 4.69) is 15.0 Å². The van der Waals surface area contributed by atoms with Crippen LogP contribution in [-0.4, -0.2) is 51.9 Å². The van der Waals surface area contributed by atoms with Crippen molar-refractivity contribution in [2.24, 2.45) is 0 Å². The summed E-state index contributed by atoms with van der Waals surface area (Å²) in [6, 6.07) is 6.73. The quantitative estimate of drug-likeness (QED) is 0.546. The molecule has 2 N–H and O–H groups in total. The second kappa shape index (κ2) is 10.6. The van der Waals surface area contributed by atoms with Gasteiger partial charge in [-0.25, -0.2) is 13.4 Å². The summed E-state index contributed by atoms with van der Waals surface area (Å²) < 4.78 is 69.6. The van der Waals surface area contributed by atoms with Crippen molar-refractivity contribution in [3.8, 4) is 0 Å². The maximum Gasteiger partial charge on any atom is 0.433 e. The number of halogens is 4. The van der Waals surface area contributed by atoms with Crippen molar-refractivity contribution in [1.29, 1.82) is 0 Å². The number of rotatable bonds is 7. The molecule has 0 aliphatic carbocycles. The zero-order chi connectivity index (χ0) is 24.9. The standard InChI is InChI=1S/C21H22ClF3N4O4S/c1-34(31,32)28-17-5-2-14(12-16(17)22)13-26-19(30)7-4-15-3-6-18(21(23,24)25)27-20(15)29-8-10-33-11-9-29/h2-7,12,28H,8-11,13H2,1H3,(H,26,30)/b7-4-. The van der Waals surface area contributed by atoms with Gasteiger partial charge >= 0.3 is 6.18 Å². The molecule has 2 heterocycles. The van der Waals surface area contributed by atoms with E-state index in [0.717, 1.165) is 12.3 Å². The van der Waals surface area contributed by atoms with E-state index in [1.807, 2.05) is 0 Å². The van der Waals surface area contributed by atoms with E-state index in [0.29, 0.717) is 37.4 Å². The summed E-state index contributed by atoms with van der Waals surface area (Å²) >= 11 is 6.07. The predicted molar refractivity (Wildman–Crippen MR) is 123 cm³/mol. The van der Waals surface area contributed by atoms with E-state index in [9.17, 15) is 26.4 Å². The van der Waals surface area contributed by atoms with Crippen LogP contribution in [0.2, 0.25) is 5.02 Å². The van der Waals surface area contributed by atoms with Gasteiger partial charge in [-0.3, -0.25) is 9.52 Å². The summed E-state index contributed by atoms with van der Waals surface area (Å²) in [5.41, 5.74) is 0.186. The van der Waals surface area contributed by atoms with Crippen molar-refractivity contribution >= 4 is 45.1 Å². The number of aromatic nitrogens is 1. The van der Waals surface area contributed by atoms with E-state index in [1.54, 1.807) is 11.0 Å². The number of alkyl halides is 3. The molecule has 1 aromatic carbocycles. The lowest BCUT2D eigenvalue weighted by Gasteiger charge is -2.29. The highest BCUT2D eigenvalue weighted by Gasteiger charge is 2.33. The molecule has 3 rings (SSSR count). The number of hydrogen-bond donors (Lipinski definition) is 2. The molecule has 0 radical (unpaired) electrons. The molecule has 34 heavy (non-hydrogen) atoms. The van der Waals surface area contributed by atoms with Crippen LogP contribution in [0.5, 0.6) is 0 Å². The van der Waals surface area contributed by atoms with Gasteiger partial charge < -0.3 is 15.0 Å². The van der Waals surface area contributed by atoms with Crippen molar-refractivity contribution in [1.82, 2.24) is 10.3 Å². The highest BCUT2D eigenvalue weighted by atomic mass is 35.5. The number of hydrogen-bond acceptors (Lipinski definition) is 6. The largest absolute Gasteiger partial charge is 0.433 e. The fraction of sp³-hybridized carbons (Fsp3) is 0.333. The van der Waals surface area contributed by atoms with Gasteiger partial charge in [0.1, 0.15) is 11.5 Å². The lowest BCUT2D eigenvalue weighted by atomic mass is 10.1. The molecule has 0 spiro atoms. The first kappa shape index (κ1) is 25.8. The van der Waals surface area contributed by atoms with Gasteiger partial charge in [-0.05, 0) is 35.9 Å². The summed E-state index contributed by atoms with van der Waals surface area (Å²) in [6.07, 6.45) is -0.983. The maximum absolute atomic E-state index is 13.1. The molecule has 8 nitrogen and oxygen atoms in total. The number of benzene rings is 1. The maximum atomic E-state index is 13.1. The molecule has 0 saturated carbocycles. The lowest BCUT2D eigenvalue weighted by Crippen LogP contribution is -2.37. The third-order valence-electron chi connectivity index (χ3n) is 4.72. The van der Waals surface area contributed by atoms with Crippen LogP contribution in [0, 0.1) is 0 Å². The molecule has 1 aliphatic rings. The summed E-state index contributed by atoms with van der Waals surface area (Å²) in [5.74, 6) is -0.356. The Hall–Kier alpha value is -2.83. The Kier molecular flexibility index (Phi) is 8.05. The Morgan fingerprint density at radius 1 is 1.24 bits per heavy atom. The van der Waals surface area contributed by atoms with E-state index < -0.39 is 27.8 Å². The Balaban J connectivity index is 1.70. The van der Waals surface area contributed by atoms with Crippen LogP contribution >= 0.6 is 11.6 Å². The number of ether oxygens (including phenoxy) is 1. The number of carbonyl (C=O) groups is 1. The lowest BCUT2D eigenvalue weighted by molar-refractivity contribution is -0.141. The van der Waals surface area contributed by atoms with Gasteiger partial charge in [0.25, 0.3) is 0 Å². The van der Waals surface area contributed by atoms with Crippen molar-refractivity contribution in [2.45, 2.75) is 12.7 Å². The molecule has 1 aromatic heterocycles. The molecule has 0 unspecified atom stereocenters. The van der Waals surface area contributed by atoms with E-state index >= 15 is 0 Å². The highest BCUT2D eigenvalue weighted by molar-refractivity contribution is 7.92.